The number of nitrogens with zero attached hydrogens (tertiary/aromatic N) is 2. The fraction of sp³-hybridized carbons (Fsp3) is 0.222. The van der Waals surface area contributed by atoms with Gasteiger partial charge in [-0.1, -0.05) is 29.3 Å². The zero-order valence-electron chi connectivity index (χ0n) is 14.7. The van der Waals surface area contributed by atoms with E-state index in [9.17, 15) is 13.2 Å². The minimum absolute atomic E-state index is 0.0747. The zero-order valence-corrected chi connectivity index (χ0v) is 16.3. The van der Waals surface area contributed by atoms with E-state index in [0.717, 1.165) is 5.56 Å². The Morgan fingerprint density at radius 2 is 1.93 bits per heavy atom. The molecular weight excluding hydrogens is 390 g/mol. The third kappa shape index (κ3) is 4.65. The quantitative estimate of drug-likeness (QED) is 0.634. The molecule has 0 aliphatic rings. The summed E-state index contributed by atoms with van der Waals surface area (Å²) in [4.78, 5) is 16.5. The molecular formula is C18H18ClN3O4S. The van der Waals surface area contributed by atoms with Crippen LogP contribution in [0.5, 0.6) is 0 Å². The van der Waals surface area contributed by atoms with Crippen molar-refractivity contribution in [2.24, 2.45) is 0 Å². The minimum Gasteiger partial charge on any atom is -0.458 e. The number of esters is 1. The molecule has 9 heteroatoms. The van der Waals surface area contributed by atoms with Crippen molar-refractivity contribution in [2.75, 3.05) is 0 Å². The highest BCUT2D eigenvalue weighted by Crippen LogP contribution is 2.13. The van der Waals surface area contributed by atoms with Gasteiger partial charge in [-0.05, 0) is 38.1 Å². The Balaban J connectivity index is 1.62. The minimum atomic E-state index is -3.81. The molecule has 27 heavy (non-hydrogen) atoms. The Hall–Kier alpha value is -2.42. The molecule has 142 valence electrons. The van der Waals surface area contributed by atoms with Crippen molar-refractivity contribution >= 4 is 33.2 Å². The van der Waals surface area contributed by atoms with Gasteiger partial charge in [-0.15, -0.1) is 0 Å². The van der Waals surface area contributed by atoms with E-state index >= 15 is 0 Å². The smallest absolute Gasteiger partial charge is 0.324 e. The summed E-state index contributed by atoms with van der Waals surface area (Å²) >= 11 is 5.92. The number of carbonyl (C=O) groups excluding carboxylic acids is 1. The van der Waals surface area contributed by atoms with E-state index in [2.05, 4.69) is 9.71 Å². The number of sulfonamides is 1. The maximum Gasteiger partial charge on any atom is 0.324 e. The van der Waals surface area contributed by atoms with Gasteiger partial charge in [0.05, 0.1) is 15.6 Å². The van der Waals surface area contributed by atoms with Crippen LogP contribution in [0.4, 0.5) is 0 Å². The molecule has 7 nitrogen and oxygen atoms in total. The van der Waals surface area contributed by atoms with Crippen LogP contribution in [0.2, 0.25) is 5.02 Å². The van der Waals surface area contributed by atoms with Crippen LogP contribution in [0.25, 0.3) is 5.65 Å². The van der Waals surface area contributed by atoms with Crippen LogP contribution < -0.4 is 4.72 Å². The largest absolute Gasteiger partial charge is 0.458 e. The number of rotatable bonds is 6. The Labute approximate surface area is 162 Å². The molecule has 0 aliphatic carbocycles. The zero-order chi connectivity index (χ0) is 19.6. The molecule has 3 aromatic rings. The number of hydrogen-bond donors (Lipinski definition) is 1. The van der Waals surface area contributed by atoms with Crippen molar-refractivity contribution in [1.82, 2.24) is 14.1 Å². The maximum absolute atomic E-state index is 12.3. The first kappa shape index (κ1) is 19.3. The van der Waals surface area contributed by atoms with Crippen LogP contribution >= 0.6 is 11.6 Å². The Morgan fingerprint density at radius 3 is 2.63 bits per heavy atom. The standard InChI is InChI=1S/C18H18ClN3O4S/c1-12-3-6-16(7-4-12)27(24,25)21-13(2)18(23)26-11-15-10-22-9-14(19)5-8-17(22)20-15/h3-10,13,21H,11H2,1-2H3/t13-/m0/s1. The molecule has 0 aliphatic heterocycles. The van der Waals surface area contributed by atoms with Crippen LogP contribution in [0.3, 0.4) is 0 Å². The van der Waals surface area contributed by atoms with Gasteiger partial charge < -0.3 is 9.14 Å². The number of nitrogens with one attached hydrogen (secondary N) is 1. The summed E-state index contributed by atoms with van der Waals surface area (Å²) in [6, 6.07) is 8.76. The summed E-state index contributed by atoms with van der Waals surface area (Å²) in [5.41, 5.74) is 2.13. The van der Waals surface area contributed by atoms with Gasteiger partial charge in [0.2, 0.25) is 10.0 Å². The van der Waals surface area contributed by atoms with Crippen LogP contribution in [-0.2, 0) is 26.2 Å². The molecule has 0 amide bonds. The predicted molar refractivity (Wildman–Crippen MR) is 101 cm³/mol. The number of fused-ring (bicyclic) bond motifs is 1. The molecule has 0 saturated carbocycles. The number of carbonyl (C=O) groups is 1. The molecule has 0 bridgehead atoms. The molecule has 0 fully saturated rings. The highest BCUT2D eigenvalue weighted by atomic mass is 35.5. The van der Waals surface area contributed by atoms with Gasteiger partial charge in [-0.3, -0.25) is 4.79 Å². The molecule has 1 N–H and O–H groups in total. The lowest BCUT2D eigenvalue weighted by atomic mass is 10.2. The molecule has 2 heterocycles. The third-order valence-corrected chi connectivity index (χ3v) is 5.62. The number of ether oxygens (including phenoxy) is 1. The SMILES string of the molecule is Cc1ccc(S(=O)(=O)N[C@@H](C)C(=O)OCc2cn3cc(Cl)ccc3n2)cc1. The van der Waals surface area contributed by atoms with Crippen LogP contribution in [0.15, 0.2) is 53.7 Å². The van der Waals surface area contributed by atoms with E-state index in [1.165, 1.54) is 19.1 Å². The highest BCUT2D eigenvalue weighted by Gasteiger charge is 2.23. The normalized spacial score (nSPS) is 12.9. The number of aromatic nitrogens is 2. The molecule has 3 rings (SSSR count). The number of pyridine rings is 1. The topological polar surface area (TPSA) is 89.8 Å². The van der Waals surface area contributed by atoms with E-state index < -0.39 is 22.0 Å². The summed E-state index contributed by atoms with van der Waals surface area (Å²) in [6.45, 7) is 3.21. The van der Waals surface area contributed by atoms with Gasteiger partial charge in [0.25, 0.3) is 0 Å². The lowest BCUT2D eigenvalue weighted by Gasteiger charge is -2.13. The monoisotopic (exact) mass is 407 g/mol. The molecule has 1 aromatic carbocycles. The van der Waals surface area contributed by atoms with Crippen molar-refractivity contribution in [3.05, 3.63) is 65.1 Å². The first-order valence-electron chi connectivity index (χ1n) is 8.13. The van der Waals surface area contributed by atoms with Gasteiger partial charge in [0.1, 0.15) is 18.3 Å². The van der Waals surface area contributed by atoms with Crippen molar-refractivity contribution in [2.45, 2.75) is 31.4 Å². The first-order valence-corrected chi connectivity index (χ1v) is 9.99. The number of imidazole rings is 1. The second-order valence-electron chi connectivity index (χ2n) is 6.11. The summed E-state index contributed by atoms with van der Waals surface area (Å²) in [5.74, 6) is -0.694. The summed E-state index contributed by atoms with van der Waals surface area (Å²) in [7, 11) is -3.81. The van der Waals surface area contributed by atoms with E-state index in [1.54, 1.807) is 41.1 Å². The molecule has 0 saturated heterocycles. The second kappa shape index (κ2) is 7.67. The number of halogens is 1. The fourth-order valence-corrected chi connectivity index (χ4v) is 3.78. The lowest BCUT2D eigenvalue weighted by Crippen LogP contribution is -2.39. The lowest BCUT2D eigenvalue weighted by molar-refractivity contribution is -0.146. The average molecular weight is 408 g/mol. The highest BCUT2D eigenvalue weighted by molar-refractivity contribution is 7.89. The Morgan fingerprint density at radius 1 is 1.22 bits per heavy atom. The fourth-order valence-electron chi connectivity index (χ4n) is 2.42. The van der Waals surface area contributed by atoms with E-state index in [0.29, 0.717) is 16.4 Å². The molecule has 0 radical (unpaired) electrons. The van der Waals surface area contributed by atoms with Gasteiger partial charge in [0.15, 0.2) is 0 Å². The van der Waals surface area contributed by atoms with E-state index in [-0.39, 0.29) is 11.5 Å². The number of benzene rings is 1. The van der Waals surface area contributed by atoms with Crippen molar-refractivity contribution in [3.8, 4) is 0 Å². The van der Waals surface area contributed by atoms with Crippen LogP contribution in [0.1, 0.15) is 18.2 Å². The molecule has 0 unspecified atom stereocenters. The van der Waals surface area contributed by atoms with Crippen LogP contribution in [-0.4, -0.2) is 29.8 Å². The predicted octanol–water partition coefficient (Wildman–Crippen LogP) is 2.71. The third-order valence-electron chi connectivity index (χ3n) is 3.84. The first-order chi connectivity index (χ1) is 12.7. The molecule has 2 aromatic heterocycles. The number of hydrogen-bond acceptors (Lipinski definition) is 5. The second-order valence-corrected chi connectivity index (χ2v) is 8.26. The summed E-state index contributed by atoms with van der Waals surface area (Å²) in [5, 5.41) is 0.558. The Bertz CT molecular complexity index is 1080. The van der Waals surface area contributed by atoms with Crippen LogP contribution in [0, 0.1) is 6.92 Å². The molecule has 0 spiro atoms. The van der Waals surface area contributed by atoms with Gasteiger partial charge in [-0.25, -0.2) is 13.4 Å². The van der Waals surface area contributed by atoms with Crippen molar-refractivity contribution in [1.29, 1.82) is 0 Å². The average Bonchev–Trinajstić information content (AvgIpc) is 3.01. The summed E-state index contributed by atoms with van der Waals surface area (Å²) < 4.78 is 33.9. The molecule has 1 atom stereocenters. The van der Waals surface area contributed by atoms with Gasteiger partial charge >= 0.3 is 5.97 Å². The van der Waals surface area contributed by atoms with E-state index in [1.807, 2.05) is 6.92 Å². The van der Waals surface area contributed by atoms with Crippen molar-refractivity contribution < 1.29 is 17.9 Å². The maximum atomic E-state index is 12.3. The summed E-state index contributed by atoms with van der Waals surface area (Å²) in [6.07, 6.45) is 3.38. The number of aryl methyl sites for hydroxylation is 1. The van der Waals surface area contributed by atoms with E-state index in [4.69, 9.17) is 16.3 Å². The van der Waals surface area contributed by atoms with Crippen molar-refractivity contribution in [3.63, 3.8) is 0 Å². The Kier molecular flexibility index (Phi) is 5.50. The van der Waals surface area contributed by atoms with Gasteiger partial charge in [-0.2, -0.15) is 4.72 Å². The van der Waals surface area contributed by atoms with Gasteiger partial charge in [0, 0.05) is 12.4 Å².